The van der Waals surface area contributed by atoms with Crippen molar-refractivity contribution in [3.8, 4) is 22.6 Å². The number of alkyl carbamates (subject to hydrolysis) is 1. The van der Waals surface area contributed by atoms with Crippen LogP contribution in [0, 0.1) is 0 Å². The van der Waals surface area contributed by atoms with E-state index in [-0.39, 0.29) is 30.4 Å². The molecule has 1 unspecified atom stereocenters. The number of hydrogen-bond donors (Lipinski definition) is 2. The normalized spacial score (nSPS) is 12.9. The number of ether oxygens (including phenoxy) is 3. The predicted molar refractivity (Wildman–Crippen MR) is 122 cm³/mol. The van der Waals surface area contributed by atoms with Crippen LogP contribution in [0.2, 0.25) is 0 Å². The summed E-state index contributed by atoms with van der Waals surface area (Å²) in [4.78, 5) is 24.9. The van der Waals surface area contributed by atoms with Gasteiger partial charge in [0.15, 0.2) is 11.5 Å². The largest absolute Gasteiger partial charge is 0.504 e. The van der Waals surface area contributed by atoms with Crippen molar-refractivity contribution in [2.45, 2.75) is 18.4 Å². The van der Waals surface area contributed by atoms with E-state index in [1.165, 1.54) is 20.3 Å². The second-order valence-electron chi connectivity index (χ2n) is 7.76. The molecule has 7 heteroatoms. The molecule has 4 rings (SSSR count). The number of phenols is 1. The number of hydrogen-bond acceptors (Lipinski definition) is 6. The fourth-order valence-corrected chi connectivity index (χ4v) is 4.20. The van der Waals surface area contributed by atoms with Crippen LogP contribution >= 0.6 is 0 Å². The molecule has 1 amide bonds. The Kier molecular flexibility index (Phi) is 6.49. The fraction of sp³-hybridized carbons (Fsp3) is 0.231. The lowest BCUT2D eigenvalue weighted by Crippen LogP contribution is -2.43. The fourth-order valence-electron chi connectivity index (χ4n) is 4.20. The summed E-state index contributed by atoms with van der Waals surface area (Å²) in [5.41, 5.74) is 5.16. The summed E-state index contributed by atoms with van der Waals surface area (Å²) < 4.78 is 15.5. The Labute approximate surface area is 191 Å². The third kappa shape index (κ3) is 4.62. The van der Waals surface area contributed by atoms with E-state index < -0.39 is 18.1 Å². The van der Waals surface area contributed by atoms with Crippen molar-refractivity contribution >= 4 is 12.1 Å². The maximum absolute atomic E-state index is 12.6. The highest BCUT2D eigenvalue weighted by molar-refractivity contribution is 5.82. The van der Waals surface area contributed by atoms with Crippen molar-refractivity contribution in [3.05, 3.63) is 83.4 Å². The first-order chi connectivity index (χ1) is 16.0. The van der Waals surface area contributed by atoms with Gasteiger partial charge in [-0.05, 0) is 39.9 Å². The van der Waals surface area contributed by atoms with Crippen LogP contribution < -0.4 is 10.1 Å². The van der Waals surface area contributed by atoms with Gasteiger partial charge in [-0.3, -0.25) is 0 Å². The van der Waals surface area contributed by atoms with E-state index in [1.54, 1.807) is 12.1 Å². The Morgan fingerprint density at radius 1 is 0.970 bits per heavy atom. The van der Waals surface area contributed by atoms with Crippen LogP contribution in [0.25, 0.3) is 11.1 Å². The summed E-state index contributed by atoms with van der Waals surface area (Å²) in [5.74, 6) is -0.422. The van der Waals surface area contributed by atoms with Crippen LogP contribution in [0.3, 0.4) is 0 Å². The number of rotatable bonds is 7. The number of carbonyl (C=O) groups excluding carboxylic acids is 2. The van der Waals surface area contributed by atoms with E-state index in [2.05, 4.69) is 17.4 Å². The Morgan fingerprint density at radius 3 is 2.21 bits per heavy atom. The van der Waals surface area contributed by atoms with Gasteiger partial charge in [-0.25, -0.2) is 9.59 Å². The number of benzene rings is 3. The van der Waals surface area contributed by atoms with E-state index in [0.29, 0.717) is 5.56 Å². The average Bonchev–Trinajstić information content (AvgIpc) is 3.16. The van der Waals surface area contributed by atoms with Gasteiger partial charge < -0.3 is 24.6 Å². The van der Waals surface area contributed by atoms with Crippen molar-refractivity contribution < 1.29 is 28.9 Å². The third-order valence-electron chi connectivity index (χ3n) is 5.81. The minimum Gasteiger partial charge on any atom is -0.504 e. The van der Waals surface area contributed by atoms with Crippen LogP contribution in [0.4, 0.5) is 4.79 Å². The van der Waals surface area contributed by atoms with Crippen LogP contribution in [-0.4, -0.2) is 44.0 Å². The Hall–Kier alpha value is -4.00. The number of fused-ring (bicyclic) bond motifs is 3. The predicted octanol–water partition coefficient (Wildman–Crippen LogP) is 4.02. The van der Waals surface area contributed by atoms with Gasteiger partial charge >= 0.3 is 12.1 Å². The van der Waals surface area contributed by atoms with Crippen LogP contribution in [-0.2, 0) is 20.7 Å². The van der Waals surface area contributed by atoms with Gasteiger partial charge in [-0.15, -0.1) is 0 Å². The molecule has 0 radical (unpaired) electrons. The van der Waals surface area contributed by atoms with E-state index in [9.17, 15) is 14.7 Å². The molecule has 3 aromatic rings. The van der Waals surface area contributed by atoms with Crippen molar-refractivity contribution in [1.82, 2.24) is 5.32 Å². The summed E-state index contributed by atoms with van der Waals surface area (Å²) >= 11 is 0. The topological polar surface area (TPSA) is 94.1 Å². The van der Waals surface area contributed by atoms with Crippen molar-refractivity contribution in [3.63, 3.8) is 0 Å². The summed E-state index contributed by atoms with van der Waals surface area (Å²) in [7, 11) is 2.69. The number of aromatic hydroxyl groups is 1. The second kappa shape index (κ2) is 9.65. The molecule has 0 spiro atoms. The van der Waals surface area contributed by atoms with Crippen molar-refractivity contribution in [2.75, 3.05) is 20.8 Å². The van der Waals surface area contributed by atoms with Gasteiger partial charge in [0.05, 0.1) is 14.2 Å². The quantitative estimate of drug-likeness (QED) is 0.532. The SMILES string of the molecule is COC(=O)C(Cc1ccc(O)c(OC)c1)NC(=O)OCC1c2ccccc2-c2ccccc21. The van der Waals surface area contributed by atoms with Crippen LogP contribution in [0.5, 0.6) is 11.5 Å². The lowest BCUT2D eigenvalue weighted by Gasteiger charge is -2.19. The minimum atomic E-state index is -0.958. The maximum atomic E-state index is 12.6. The summed E-state index contributed by atoms with van der Waals surface area (Å²) in [6.45, 7) is 0.140. The van der Waals surface area contributed by atoms with E-state index in [4.69, 9.17) is 14.2 Å². The van der Waals surface area contributed by atoms with Gasteiger partial charge in [0, 0.05) is 12.3 Å². The van der Waals surface area contributed by atoms with Crippen molar-refractivity contribution in [2.24, 2.45) is 0 Å². The Morgan fingerprint density at radius 2 is 1.61 bits per heavy atom. The third-order valence-corrected chi connectivity index (χ3v) is 5.81. The molecule has 0 fully saturated rings. The van der Waals surface area contributed by atoms with E-state index >= 15 is 0 Å². The Balaban J connectivity index is 1.45. The molecule has 7 nitrogen and oxygen atoms in total. The zero-order valence-electron chi connectivity index (χ0n) is 18.4. The molecule has 0 bridgehead atoms. The molecule has 0 saturated carbocycles. The van der Waals surface area contributed by atoms with E-state index in [0.717, 1.165) is 22.3 Å². The molecule has 1 atom stereocenters. The molecule has 0 aromatic heterocycles. The van der Waals surface area contributed by atoms with Crippen LogP contribution in [0.15, 0.2) is 66.7 Å². The monoisotopic (exact) mass is 447 g/mol. The average molecular weight is 447 g/mol. The van der Waals surface area contributed by atoms with Crippen LogP contribution in [0.1, 0.15) is 22.6 Å². The first kappa shape index (κ1) is 22.2. The number of amides is 1. The summed E-state index contributed by atoms with van der Waals surface area (Å²) in [5, 5.41) is 12.4. The molecule has 0 heterocycles. The molecule has 2 N–H and O–H groups in total. The van der Waals surface area contributed by atoms with Gasteiger partial charge in [0.1, 0.15) is 12.6 Å². The number of esters is 1. The molecule has 3 aromatic carbocycles. The first-order valence-corrected chi connectivity index (χ1v) is 10.6. The summed E-state index contributed by atoms with van der Waals surface area (Å²) in [6, 6.07) is 19.9. The highest BCUT2D eigenvalue weighted by Crippen LogP contribution is 2.44. The highest BCUT2D eigenvalue weighted by Gasteiger charge is 2.30. The van der Waals surface area contributed by atoms with E-state index in [1.807, 2.05) is 36.4 Å². The Bertz CT molecular complexity index is 1130. The number of nitrogens with one attached hydrogen (secondary N) is 1. The molecule has 33 heavy (non-hydrogen) atoms. The van der Waals surface area contributed by atoms with Gasteiger partial charge in [0.25, 0.3) is 0 Å². The number of methoxy groups -OCH3 is 2. The minimum absolute atomic E-state index is 0.0136. The molecule has 1 aliphatic carbocycles. The highest BCUT2D eigenvalue weighted by atomic mass is 16.6. The number of carbonyl (C=O) groups is 2. The zero-order valence-corrected chi connectivity index (χ0v) is 18.4. The lowest BCUT2D eigenvalue weighted by atomic mass is 9.98. The molecule has 0 saturated heterocycles. The number of phenolic OH excluding ortho intramolecular Hbond substituents is 1. The second-order valence-corrected chi connectivity index (χ2v) is 7.76. The maximum Gasteiger partial charge on any atom is 0.407 e. The molecule has 0 aliphatic heterocycles. The molecule has 1 aliphatic rings. The first-order valence-electron chi connectivity index (χ1n) is 10.6. The zero-order chi connectivity index (χ0) is 23.4. The summed E-state index contributed by atoms with van der Waals surface area (Å²) in [6.07, 6.45) is -0.564. The molecular weight excluding hydrogens is 422 g/mol. The molecule has 170 valence electrons. The standard InChI is InChI=1S/C26H25NO6/c1-31-24-14-16(11-12-23(24)28)13-22(25(29)32-2)27-26(30)33-15-21-19-9-5-3-7-17(19)18-8-4-6-10-20(18)21/h3-12,14,21-22,28H,13,15H2,1-2H3,(H,27,30). The smallest absolute Gasteiger partial charge is 0.407 e. The van der Waals surface area contributed by atoms with Gasteiger partial charge in [0.2, 0.25) is 0 Å². The van der Waals surface area contributed by atoms with Gasteiger partial charge in [-0.1, -0.05) is 54.6 Å². The van der Waals surface area contributed by atoms with Crippen molar-refractivity contribution in [1.29, 1.82) is 0 Å². The lowest BCUT2D eigenvalue weighted by molar-refractivity contribution is -0.143. The molecular formula is C26H25NO6. The van der Waals surface area contributed by atoms with Gasteiger partial charge in [-0.2, -0.15) is 0 Å².